The molecule has 2 heterocycles. The highest BCUT2D eigenvalue weighted by molar-refractivity contribution is 7.81. The van der Waals surface area contributed by atoms with Gasteiger partial charge in [0.15, 0.2) is 5.78 Å². The third kappa shape index (κ3) is 6.11. The van der Waals surface area contributed by atoms with E-state index in [1.165, 1.54) is 6.07 Å². The van der Waals surface area contributed by atoms with E-state index in [-0.39, 0.29) is 47.6 Å². The van der Waals surface area contributed by atoms with Crippen LogP contribution in [0.3, 0.4) is 0 Å². The van der Waals surface area contributed by atoms with Crippen molar-refractivity contribution in [2.75, 3.05) is 19.6 Å². The Balaban J connectivity index is 0.00000171. The maximum absolute atomic E-state index is 14.6. The van der Waals surface area contributed by atoms with Crippen LogP contribution in [0.25, 0.3) is 6.08 Å². The first-order chi connectivity index (χ1) is 14.1. The Morgan fingerprint density at radius 3 is 2.68 bits per heavy atom. The fourth-order valence-electron chi connectivity index (χ4n) is 3.97. The molecule has 2 N–H and O–H groups in total. The van der Waals surface area contributed by atoms with Gasteiger partial charge in [-0.1, -0.05) is 18.2 Å². The van der Waals surface area contributed by atoms with Crippen molar-refractivity contribution in [3.8, 4) is 0 Å². The average molecular weight is 487 g/mol. The summed E-state index contributed by atoms with van der Waals surface area (Å²) in [6.45, 7) is 2.50. The van der Waals surface area contributed by atoms with E-state index in [0.717, 1.165) is 30.5 Å². The van der Waals surface area contributed by atoms with Gasteiger partial charge in [-0.15, -0.1) is 24.8 Å². The number of ketones is 1. The summed E-state index contributed by atoms with van der Waals surface area (Å²) in [7, 11) is 0. The minimum atomic E-state index is -0.539. The van der Waals surface area contributed by atoms with Crippen LogP contribution in [0, 0.1) is 11.7 Å². The van der Waals surface area contributed by atoms with Crippen LogP contribution in [0.15, 0.2) is 42.1 Å². The Morgan fingerprint density at radius 2 is 2.00 bits per heavy atom. The first-order valence-corrected chi connectivity index (χ1v) is 10.7. The molecule has 31 heavy (non-hydrogen) atoms. The van der Waals surface area contributed by atoms with Crippen molar-refractivity contribution in [3.63, 3.8) is 0 Å². The molecule has 9 heteroatoms. The van der Waals surface area contributed by atoms with Gasteiger partial charge in [0.25, 0.3) is 0 Å². The smallest absolute Gasteiger partial charge is 0.157 e. The van der Waals surface area contributed by atoms with Gasteiger partial charge < -0.3 is 5.73 Å². The lowest BCUT2D eigenvalue weighted by Gasteiger charge is -2.37. The van der Waals surface area contributed by atoms with Gasteiger partial charge in [0.05, 0.1) is 18.3 Å². The van der Waals surface area contributed by atoms with E-state index in [9.17, 15) is 9.18 Å². The van der Waals surface area contributed by atoms with E-state index < -0.39 is 6.04 Å². The lowest BCUT2D eigenvalue weighted by atomic mass is 9.93. The summed E-state index contributed by atoms with van der Waals surface area (Å²) < 4.78 is 16.4. The zero-order valence-electron chi connectivity index (χ0n) is 17.2. The van der Waals surface area contributed by atoms with Crippen LogP contribution in [0.4, 0.5) is 4.39 Å². The van der Waals surface area contributed by atoms with E-state index in [0.29, 0.717) is 31.7 Å². The van der Waals surface area contributed by atoms with Crippen LogP contribution in [-0.4, -0.2) is 45.3 Å². The largest absolute Gasteiger partial charge is 0.329 e. The first-order valence-electron chi connectivity index (χ1n) is 10.2. The summed E-state index contributed by atoms with van der Waals surface area (Å²) >= 11 is 4.75. The molecule has 2 fully saturated rings. The molecule has 0 radical (unpaired) electrons. The number of nitrogens with two attached hydrogens (primary N) is 1. The fraction of sp³-hybridized carbons (Fsp3) is 0.455. The topological polar surface area (TPSA) is 64.2 Å². The third-order valence-corrected chi connectivity index (χ3v) is 6.26. The highest BCUT2D eigenvalue weighted by Crippen LogP contribution is 2.39. The minimum absolute atomic E-state index is 0. The van der Waals surface area contributed by atoms with Crippen molar-refractivity contribution in [1.29, 1.82) is 0 Å². The molecule has 0 amide bonds. The maximum Gasteiger partial charge on any atom is 0.157 e. The molecule has 1 aromatic carbocycles. The Kier molecular flexibility index (Phi) is 9.58. The molecule has 170 valence electrons. The summed E-state index contributed by atoms with van der Waals surface area (Å²) in [6.07, 6.45) is 6.58. The number of Topliss-reactive ketones (excluding diaryl/α,β-unsaturated/α-hetero) is 1. The molecule has 5 nitrogen and oxygen atoms in total. The standard InChI is InChI=1S/C22H27FN4OS.2ClH/c23-19-4-2-1-3-18(19)21(22(28)15-5-6-15)26-10-8-20(29)16(14-26)13-17-7-11-27(25-17)12-9-24;;/h1-4,7,11,13,15,20-21,29H,5-6,8-10,12,14,24H2;2*1H/b16-13-;;. The Labute approximate surface area is 200 Å². The molecule has 2 unspecified atom stereocenters. The van der Waals surface area contributed by atoms with Crippen molar-refractivity contribution in [1.82, 2.24) is 14.7 Å². The van der Waals surface area contributed by atoms with E-state index in [2.05, 4.69) is 10.00 Å². The molecule has 1 saturated heterocycles. The lowest BCUT2D eigenvalue weighted by molar-refractivity contribution is -0.126. The van der Waals surface area contributed by atoms with Gasteiger partial charge >= 0.3 is 0 Å². The summed E-state index contributed by atoms with van der Waals surface area (Å²) in [5.74, 6) is -0.113. The Morgan fingerprint density at radius 1 is 1.26 bits per heavy atom. The summed E-state index contributed by atoms with van der Waals surface area (Å²) in [5, 5.41) is 4.63. The van der Waals surface area contributed by atoms with Gasteiger partial charge in [0, 0.05) is 42.6 Å². The average Bonchev–Trinajstić information content (AvgIpc) is 3.47. The number of benzene rings is 1. The second-order valence-corrected chi connectivity index (χ2v) is 8.51. The molecular weight excluding hydrogens is 458 g/mol. The summed E-state index contributed by atoms with van der Waals surface area (Å²) in [6, 6.07) is 8.06. The summed E-state index contributed by atoms with van der Waals surface area (Å²) in [5.41, 5.74) is 8.03. The second kappa shape index (κ2) is 11.5. The number of carbonyl (C=O) groups excluding carboxylic acids is 1. The highest BCUT2D eigenvalue weighted by atomic mass is 35.5. The van der Waals surface area contributed by atoms with E-state index >= 15 is 0 Å². The van der Waals surface area contributed by atoms with Crippen LogP contribution in [0.1, 0.15) is 36.6 Å². The van der Waals surface area contributed by atoms with Crippen LogP contribution in [0.2, 0.25) is 0 Å². The zero-order chi connectivity index (χ0) is 20.4. The van der Waals surface area contributed by atoms with Crippen molar-refractivity contribution in [2.24, 2.45) is 11.7 Å². The van der Waals surface area contributed by atoms with Crippen molar-refractivity contribution in [2.45, 2.75) is 37.1 Å². The zero-order valence-corrected chi connectivity index (χ0v) is 19.7. The van der Waals surface area contributed by atoms with Crippen LogP contribution < -0.4 is 5.73 Å². The van der Waals surface area contributed by atoms with Crippen molar-refractivity contribution < 1.29 is 9.18 Å². The number of nitrogens with zero attached hydrogens (tertiary/aromatic N) is 3. The number of likely N-dealkylation sites (tertiary alicyclic amines) is 1. The van der Waals surface area contributed by atoms with Gasteiger partial charge in [-0.25, -0.2) is 4.39 Å². The molecule has 2 atom stereocenters. The Hall–Kier alpha value is -1.38. The predicted molar refractivity (Wildman–Crippen MR) is 130 cm³/mol. The summed E-state index contributed by atoms with van der Waals surface area (Å²) in [4.78, 5) is 15.2. The number of piperidine rings is 1. The van der Waals surface area contributed by atoms with Crippen LogP contribution >= 0.6 is 37.4 Å². The van der Waals surface area contributed by atoms with E-state index in [4.69, 9.17) is 18.4 Å². The molecule has 1 aromatic heterocycles. The van der Waals surface area contributed by atoms with Crippen LogP contribution in [0.5, 0.6) is 0 Å². The third-order valence-electron chi connectivity index (χ3n) is 5.67. The molecule has 1 aliphatic heterocycles. The molecule has 4 rings (SSSR count). The second-order valence-electron chi connectivity index (χ2n) is 7.89. The number of carbonyl (C=O) groups is 1. The van der Waals surface area contributed by atoms with Gasteiger partial charge in [-0.3, -0.25) is 14.4 Å². The van der Waals surface area contributed by atoms with Gasteiger partial charge in [-0.05, 0) is 43.0 Å². The quantitative estimate of drug-likeness (QED) is 0.581. The lowest BCUT2D eigenvalue weighted by Crippen LogP contribution is -2.42. The predicted octanol–water partition coefficient (Wildman–Crippen LogP) is 3.93. The minimum Gasteiger partial charge on any atom is -0.329 e. The molecule has 2 aliphatic rings. The number of hydrogen-bond acceptors (Lipinski definition) is 5. The Bertz CT molecular complexity index is 918. The molecule has 0 bridgehead atoms. The molecule has 1 saturated carbocycles. The molecule has 2 aromatic rings. The van der Waals surface area contributed by atoms with E-state index in [1.807, 2.05) is 23.0 Å². The molecule has 1 aliphatic carbocycles. The number of aromatic nitrogens is 2. The maximum atomic E-state index is 14.6. The monoisotopic (exact) mass is 486 g/mol. The van der Waals surface area contributed by atoms with Gasteiger partial charge in [0.1, 0.15) is 5.82 Å². The van der Waals surface area contributed by atoms with Gasteiger partial charge in [-0.2, -0.15) is 17.7 Å². The first kappa shape index (κ1) is 25.9. The number of thiol groups is 1. The van der Waals surface area contributed by atoms with Crippen LogP contribution in [-0.2, 0) is 11.3 Å². The van der Waals surface area contributed by atoms with Crippen molar-refractivity contribution >= 4 is 49.3 Å². The molecule has 0 spiro atoms. The van der Waals surface area contributed by atoms with E-state index in [1.54, 1.807) is 18.2 Å². The SMILES string of the molecule is Cl.Cl.NCCn1ccc(/C=C2/CN(C(C(=O)C3CC3)c3ccccc3F)CCC2S)n1. The fourth-order valence-corrected chi connectivity index (χ4v) is 4.25. The van der Waals surface area contributed by atoms with Crippen molar-refractivity contribution in [3.05, 3.63) is 59.2 Å². The van der Waals surface area contributed by atoms with Gasteiger partial charge in [0.2, 0.25) is 0 Å². The normalized spacial score (nSPS) is 21.3. The number of hydrogen-bond donors (Lipinski definition) is 2. The number of rotatable bonds is 7. The number of halogens is 3. The molecular formula is C22H29Cl2FN4OS. The highest BCUT2D eigenvalue weighted by Gasteiger charge is 2.40.